The fourth-order valence-electron chi connectivity index (χ4n) is 1.88. The molecule has 5 nitrogen and oxygen atoms in total. The third kappa shape index (κ3) is 4.37. The first-order valence-corrected chi connectivity index (χ1v) is 6.65. The first-order chi connectivity index (χ1) is 9.40. The van der Waals surface area contributed by atoms with Crippen LogP contribution in [0, 0.1) is 0 Å². The molecule has 0 saturated heterocycles. The van der Waals surface area contributed by atoms with Gasteiger partial charge in [-0.15, -0.1) is 5.10 Å². The Morgan fingerprint density at radius 2 is 2.00 bits per heavy atom. The Hall–Kier alpha value is -1.88. The average molecular weight is 260 g/mol. The van der Waals surface area contributed by atoms with Crippen molar-refractivity contribution >= 4 is 0 Å². The Morgan fingerprint density at radius 3 is 2.79 bits per heavy atom. The molecule has 0 aliphatic rings. The Kier molecular flexibility index (Phi) is 5.37. The van der Waals surface area contributed by atoms with Crippen molar-refractivity contribution in [2.75, 3.05) is 13.2 Å². The molecule has 5 heteroatoms. The maximum absolute atomic E-state index is 5.64. The molecule has 0 unspecified atom stereocenters. The van der Waals surface area contributed by atoms with Gasteiger partial charge in [0.05, 0.1) is 18.5 Å². The number of benzene rings is 1. The SMILES string of the molecule is NCCc1cnnn1CCCCOc1ccccc1. The molecule has 0 amide bonds. The van der Waals surface area contributed by atoms with Gasteiger partial charge in [0.2, 0.25) is 0 Å². The van der Waals surface area contributed by atoms with Crippen LogP contribution in [0.2, 0.25) is 0 Å². The lowest BCUT2D eigenvalue weighted by molar-refractivity contribution is 0.301. The number of unbranched alkanes of at least 4 members (excludes halogenated alkanes) is 1. The summed E-state index contributed by atoms with van der Waals surface area (Å²) >= 11 is 0. The first kappa shape index (κ1) is 13.5. The molecule has 0 aliphatic carbocycles. The zero-order chi connectivity index (χ0) is 13.3. The number of para-hydroxylation sites is 1. The average Bonchev–Trinajstić information content (AvgIpc) is 2.88. The summed E-state index contributed by atoms with van der Waals surface area (Å²) in [5.74, 6) is 0.923. The molecule has 1 aromatic carbocycles. The second-order valence-corrected chi connectivity index (χ2v) is 4.36. The van der Waals surface area contributed by atoms with Crippen molar-refractivity contribution < 1.29 is 4.74 Å². The van der Waals surface area contributed by atoms with E-state index in [9.17, 15) is 0 Å². The minimum atomic E-state index is 0.629. The highest BCUT2D eigenvalue weighted by Gasteiger charge is 2.02. The third-order valence-corrected chi connectivity index (χ3v) is 2.87. The summed E-state index contributed by atoms with van der Waals surface area (Å²) in [6.07, 6.45) is 4.63. The minimum Gasteiger partial charge on any atom is -0.494 e. The number of ether oxygens (including phenoxy) is 1. The summed E-state index contributed by atoms with van der Waals surface area (Å²) in [6, 6.07) is 9.87. The lowest BCUT2D eigenvalue weighted by atomic mass is 10.3. The molecule has 1 heterocycles. The minimum absolute atomic E-state index is 0.629. The zero-order valence-corrected chi connectivity index (χ0v) is 11.0. The van der Waals surface area contributed by atoms with E-state index in [1.54, 1.807) is 6.20 Å². The van der Waals surface area contributed by atoms with E-state index in [1.165, 1.54) is 0 Å². The third-order valence-electron chi connectivity index (χ3n) is 2.87. The molecule has 0 saturated carbocycles. The standard InChI is InChI=1S/C14H20N4O/c15-9-8-13-12-16-17-18(13)10-4-5-11-19-14-6-2-1-3-7-14/h1-3,6-7,12H,4-5,8-11,15H2. The molecule has 0 spiro atoms. The summed E-state index contributed by atoms with van der Waals surface area (Å²) in [5.41, 5.74) is 6.64. The van der Waals surface area contributed by atoms with Gasteiger partial charge in [-0.05, 0) is 31.5 Å². The molecule has 0 bridgehead atoms. The molecule has 19 heavy (non-hydrogen) atoms. The lowest BCUT2D eigenvalue weighted by Gasteiger charge is -2.07. The van der Waals surface area contributed by atoms with Crippen LogP contribution in [0.4, 0.5) is 0 Å². The van der Waals surface area contributed by atoms with Crippen molar-refractivity contribution in [2.24, 2.45) is 5.73 Å². The number of aryl methyl sites for hydroxylation is 1. The summed E-state index contributed by atoms with van der Waals surface area (Å²) in [4.78, 5) is 0. The number of rotatable bonds is 8. The summed E-state index contributed by atoms with van der Waals surface area (Å²) in [5, 5.41) is 7.97. The molecular weight excluding hydrogens is 240 g/mol. The highest BCUT2D eigenvalue weighted by Crippen LogP contribution is 2.09. The molecule has 2 N–H and O–H groups in total. The molecule has 0 aliphatic heterocycles. The van der Waals surface area contributed by atoms with Gasteiger partial charge in [0.25, 0.3) is 0 Å². The van der Waals surface area contributed by atoms with E-state index >= 15 is 0 Å². The summed E-state index contributed by atoms with van der Waals surface area (Å²) < 4.78 is 7.56. The quantitative estimate of drug-likeness (QED) is 0.733. The predicted molar refractivity (Wildman–Crippen MR) is 74.0 cm³/mol. The van der Waals surface area contributed by atoms with Crippen LogP contribution in [0.5, 0.6) is 5.75 Å². The normalized spacial score (nSPS) is 10.6. The van der Waals surface area contributed by atoms with Gasteiger partial charge in [0.15, 0.2) is 0 Å². The maximum Gasteiger partial charge on any atom is 0.119 e. The van der Waals surface area contributed by atoms with Crippen LogP contribution in [0.1, 0.15) is 18.5 Å². The smallest absolute Gasteiger partial charge is 0.119 e. The van der Waals surface area contributed by atoms with Crippen LogP contribution in [0.15, 0.2) is 36.5 Å². The Bertz CT molecular complexity index is 469. The van der Waals surface area contributed by atoms with Gasteiger partial charge in [-0.2, -0.15) is 0 Å². The van der Waals surface area contributed by atoms with Crippen LogP contribution < -0.4 is 10.5 Å². The Balaban J connectivity index is 1.65. The highest BCUT2D eigenvalue weighted by molar-refractivity contribution is 5.20. The van der Waals surface area contributed by atoms with Gasteiger partial charge in [-0.25, -0.2) is 4.68 Å². The van der Waals surface area contributed by atoms with E-state index in [2.05, 4.69) is 10.3 Å². The molecule has 0 radical (unpaired) electrons. The second-order valence-electron chi connectivity index (χ2n) is 4.36. The van der Waals surface area contributed by atoms with Crippen LogP contribution in [-0.4, -0.2) is 28.1 Å². The van der Waals surface area contributed by atoms with Crippen LogP contribution in [-0.2, 0) is 13.0 Å². The Morgan fingerprint density at radius 1 is 1.16 bits per heavy atom. The van der Waals surface area contributed by atoms with Gasteiger partial charge in [0.1, 0.15) is 5.75 Å². The summed E-state index contributed by atoms with van der Waals surface area (Å²) in [7, 11) is 0. The van der Waals surface area contributed by atoms with E-state index in [0.717, 1.165) is 43.9 Å². The first-order valence-electron chi connectivity index (χ1n) is 6.65. The van der Waals surface area contributed by atoms with E-state index in [4.69, 9.17) is 10.5 Å². The van der Waals surface area contributed by atoms with Crippen molar-refractivity contribution in [1.29, 1.82) is 0 Å². The fraction of sp³-hybridized carbons (Fsp3) is 0.429. The van der Waals surface area contributed by atoms with Crippen LogP contribution >= 0.6 is 0 Å². The van der Waals surface area contributed by atoms with Crippen LogP contribution in [0.3, 0.4) is 0 Å². The van der Waals surface area contributed by atoms with Gasteiger partial charge in [-0.3, -0.25) is 0 Å². The van der Waals surface area contributed by atoms with E-state index < -0.39 is 0 Å². The van der Waals surface area contributed by atoms with Gasteiger partial charge < -0.3 is 10.5 Å². The Labute approximate surface area is 113 Å². The summed E-state index contributed by atoms with van der Waals surface area (Å²) in [6.45, 7) is 2.23. The van der Waals surface area contributed by atoms with Crippen molar-refractivity contribution in [1.82, 2.24) is 15.0 Å². The molecular formula is C14H20N4O. The molecule has 2 rings (SSSR count). The maximum atomic E-state index is 5.64. The number of nitrogens with zero attached hydrogens (tertiary/aromatic N) is 3. The number of nitrogens with two attached hydrogens (primary N) is 1. The van der Waals surface area contributed by atoms with E-state index in [-0.39, 0.29) is 0 Å². The fourth-order valence-corrected chi connectivity index (χ4v) is 1.88. The lowest BCUT2D eigenvalue weighted by Crippen LogP contribution is -2.11. The van der Waals surface area contributed by atoms with Gasteiger partial charge >= 0.3 is 0 Å². The predicted octanol–water partition coefficient (Wildman–Crippen LogP) is 1.64. The van der Waals surface area contributed by atoms with E-state index in [0.29, 0.717) is 6.54 Å². The van der Waals surface area contributed by atoms with Crippen molar-refractivity contribution in [3.63, 3.8) is 0 Å². The highest BCUT2D eigenvalue weighted by atomic mass is 16.5. The number of hydrogen-bond acceptors (Lipinski definition) is 4. The molecule has 1 aromatic heterocycles. The number of hydrogen-bond donors (Lipinski definition) is 1. The second kappa shape index (κ2) is 7.53. The topological polar surface area (TPSA) is 66.0 Å². The van der Waals surface area contributed by atoms with Crippen molar-refractivity contribution in [3.8, 4) is 5.75 Å². The number of aromatic nitrogens is 3. The zero-order valence-electron chi connectivity index (χ0n) is 11.0. The van der Waals surface area contributed by atoms with Gasteiger partial charge in [0, 0.05) is 13.0 Å². The van der Waals surface area contributed by atoms with Crippen molar-refractivity contribution in [3.05, 3.63) is 42.2 Å². The van der Waals surface area contributed by atoms with E-state index in [1.807, 2.05) is 35.0 Å². The monoisotopic (exact) mass is 260 g/mol. The van der Waals surface area contributed by atoms with Gasteiger partial charge in [-0.1, -0.05) is 23.4 Å². The molecule has 102 valence electrons. The van der Waals surface area contributed by atoms with Crippen molar-refractivity contribution in [2.45, 2.75) is 25.8 Å². The molecule has 0 atom stereocenters. The van der Waals surface area contributed by atoms with Crippen LogP contribution in [0.25, 0.3) is 0 Å². The molecule has 0 fully saturated rings. The largest absolute Gasteiger partial charge is 0.494 e. The molecule has 2 aromatic rings.